The van der Waals surface area contributed by atoms with Crippen LogP contribution in [0.15, 0.2) is 18.2 Å². The highest BCUT2D eigenvalue weighted by molar-refractivity contribution is 5.81. The Kier molecular flexibility index (Phi) is 9.76. The number of anilines is 1. The molecule has 9 nitrogen and oxygen atoms in total. The number of nitro groups is 1. The van der Waals surface area contributed by atoms with E-state index in [1.54, 1.807) is 20.8 Å². The van der Waals surface area contributed by atoms with Crippen molar-refractivity contribution in [2.24, 2.45) is 0 Å². The van der Waals surface area contributed by atoms with Crippen LogP contribution in [0, 0.1) is 10.1 Å². The number of nitrogens with zero attached hydrogens (tertiary/aromatic N) is 1. The first kappa shape index (κ1) is 23.2. The molecule has 1 aromatic rings. The Hall–Kier alpha value is -2.84. The highest BCUT2D eigenvalue weighted by Crippen LogP contribution is 2.31. The Labute approximate surface area is 164 Å². The molecule has 1 aromatic carbocycles. The fraction of sp³-hybridized carbons (Fsp3) is 0.579. The van der Waals surface area contributed by atoms with Gasteiger partial charge in [0.25, 0.3) is 5.69 Å². The maximum absolute atomic E-state index is 12.1. The van der Waals surface area contributed by atoms with E-state index in [1.165, 1.54) is 18.2 Å². The number of ether oxygens (including phenoxy) is 3. The fourth-order valence-electron chi connectivity index (χ4n) is 2.51. The van der Waals surface area contributed by atoms with Crippen LogP contribution < -0.4 is 10.1 Å². The van der Waals surface area contributed by atoms with Gasteiger partial charge >= 0.3 is 11.9 Å². The van der Waals surface area contributed by atoms with Crippen molar-refractivity contribution in [3.63, 3.8) is 0 Å². The standard InChI is InChI=1S/C19H28N2O7/c1-5-9-17(19(23)27-8-4)28-13-10-11-16(21(24)25)15(12-13)20-14(6-2)18(22)26-7-3/h10-12,14,17,20H,5-9H2,1-4H3. The molecule has 2 unspecified atom stereocenters. The van der Waals surface area contributed by atoms with E-state index < -0.39 is 29.0 Å². The largest absolute Gasteiger partial charge is 0.479 e. The summed E-state index contributed by atoms with van der Waals surface area (Å²) >= 11 is 0. The molecule has 0 heterocycles. The normalized spacial score (nSPS) is 12.6. The van der Waals surface area contributed by atoms with Gasteiger partial charge in [-0.1, -0.05) is 20.3 Å². The lowest BCUT2D eigenvalue weighted by atomic mass is 10.1. The minimum Gasteiger partial charge on any atom is -0.479 e. The molecule has 0 spiro atoms. The van der Waals surface area contributed by atoms with Gasteiger partial charge in [-0.05, 0) is 32.8 Å². The highest BCUT2D eigenvalue weighted by Gasteiger charge is 2.25. The van der Waals surface area contributed by atoms with Crippen LogP contribution in [-0.4, -0.2) is 42.2 Å². The lowest BCUT2D eigenvalue weighted by Gasteiger charge is -2.19. The third kappa shape index (κ3) is 6.71. The van der Waals surface area contributed by atoms with E-state index in [-0.39, 0.29) is 30.3 Å². The lowest BCUT2D eigenvalue weighted by Crippen LogP contribution is -2.31. The summed E-state index contributed by atoms with van der Waals surface area (Å²) in [6.07, 6.45) is 0.704. The SMILES string of the molecule is CCCC(Oc1ccc([N+](=O)[O-])c(NC(CC)C(=O)OCC)c1)C(=O)OCC. The number of rotatable bonds is 12. The van der Waals surface area contributed by atoms with Crippen molar-refractivity contribution in [3.05, 3.63) is 28.3 Å². The number of nitrogens with one attached hydrogen (secondary N) is 1. The maximum Gasteiger partial charge on any atom is 0.347 e. The summed E-state index contributed by atoms with van der Waals surface area (Å²) in [6, 6.07) is 3.34. The molecular weight excluding hydrogens is 368 g/mol. The maximum atomic E-state index is 12.1. The summed E-state index contributed by atoms with van der Waals surface area (Å²) in [7, 11) is 0. The summed E-state index contributed by atoms with van der Waals surface area (Å²) < 4.78 is 15.7. The van der Waals surface area contributed by atoms with Crippen LogP contribution in [0.25, 0.3) is 0 Å². The quantitative estimate of drug-likeness (QED) is 0.324. The van der Waals surface area contributed by atoms with Gasteiger partial charge in [-0.3, -0.25) is 10.1 Å². The molecule has 0 radical (unpaired) electrons. The fourth-order valence-corrected chi connectivity index (χ4v) is 2.51. The van der Waals surface area contributed by atoms with Crippen LogP contribution >= 0.6 is 0 Å². The number of hydrogen-bond acceptors (Lipinski definition) is 8. The Balaban J connectivity index is 3.13. The lowest BCUT2D eigenvalue weighted by molar-refractivity contribution is -0.384. The molecule has 0 bridgehead atoms. The molecule has 0 saturated heterocycles. The first-order valence-corrected chi connectivity index (χ1v) is 9.42. The Morgan fingerprint density at radius 3 is 2.29 bits per heavy atom. The molecule has 1 N–H and O–H groups in total. The Bertz CT molecular complexity index is 678. The molecular formula is C19H28N2O7. The van der Waals surface area contributed by atoms with Crippen molar-refractivity contribution in [2.75, 3.05) is 18.5 Å². The summed E-state index contributed by atoms with van der Waals surface area (Å²) in [5, 5.41) is 14.2. The van der Waals surface area contributed by atoms with Crippen LogP contribution in [0.5, 0.6) is 5.75 Å². The second kappa shape index (κ2) is 11.8. The Morgan fingerprint density at radius 1 is 1.11 bits per heavy atom. The van der Waals surface area contributed by atoms with E-state index in [4.69, 9.17) is 14.2 Å². The summed E-state index contributed by atoms with van der Waals surface area (Å²) in [5.41, 5.74) is -0.0974. The molecule has 9 heteroatoms. The molecule has 0 aliphatic rings. The second-order valence-corrected chi connectivity index (χ2v) is 5.94. The topological polar surface area (TPSA) is 117 Å². The van der Waals surface area contributed by atoms with Gasteiger partial charge in [0.2, 0.25) is 0 Å². The van der Waals surface area contributed by atoms with Gasteiger partial charge in [-0.2, -0.15) is 0 Å². The number of hydrogen-bond donors (Lipinski definition) is 1. The van der Waals surface area contributed by atoms with Crippen molar-refractivity contribution < 1.29 is 28.7 Å². The van der Waals surface area contributed by atoms with Crippen molar-refractivity contribution in [3.8, 4) is 5.75 Å². The zero-order chi connectivity index (χ0) is 21.1. The number of carbonyl (C=O) groups is 2. The average Bonchev–Trinajstić information content (AvgIpc) is 2.66. The number of carbonyl (C=O) groups excluding carboxylic acids is 2. The predicted molar refractivity (Wildman–Crippen MR) is 103 cm³/mol. The summed E-state index contributed by atoms with van der Waals surface area (Å²) in [5.74, 6) is -0.727. The van der Waals surface area contributed by atoms with Gasteiger partial charge in [-0.15, -0.1) is 0 Å². The van der Waals surface area contributed by atoms with Crippen LogP contribution in [0.1, 0.15) is 47.0 Å². The van der Waals surface area contributed by atoms with E-state index in [9.17, 15) is 19.7 Å². The van der Waals surface area contributed by atoms with Crippen molar-refractivity contribution in [1.82, 2.24) is 0 Å². The van der Waals surface area contributed by atoms with Crippen molar-refractivity contribution >= 4 is 23.3 Å². The molecule has 0 aromatic heterocycles. The monoisotopic (exact) mass is 396 g/mol. The molecule has 28 heavy (non-hydrogen) atoms. The molecule has 0 aliphatic heterocycles. The van der Waals surface area contributed by atoms with E-state index in [0.717, 1.165) is 0 Å². The Morgan fingerprint density at radius 2 is 1.75 bits per heavy atom. The smallest absolute Gasteiger partial charge is 0.347 e. The molecule has 156 valence electrons. The van der Waals surface area contributed by atoms with E-state index in [0.29, 0.717) is 19.3 Å². The number of esters is 2. The van der Waals surface area contributed by atoms with Crippen LogP contribution in [-0.2, 0) is 19.1 Å². The van der Waals surface area contributed by atoms with Crippen molar-refractivity contribution in [1.29, 1.82) is 0 Å². The van der Waals surface area contributed by atoms with Gasteiger partial charge in [0.15, 0.2) is 6.10 Å². The van der Waals surface area contributed by atoms with Crippen molar-refractivity contribution in [2.45, 2.75) is 59.1 Å². The van der Waals surface area contributed by atoms with Gasteiger partial charge in [0, 0.05) is 12.1 Å². The molecule has 0 aliphatic carbocycles. The predicted octanol–water partition coefficient (Wildman–Crippen LogP) is 3.46. The van der Waals surface area contributed by atoms with Gasteiger partial charge < -0.3 is 19.5 Å². The van der Waals surface area contributed by atoms with Gasteiger partial charge in [0.1, 0.15) is 17.5 Å². The molecule has 0 saturated carbocycles. The first-order chi connectivity index (χ1) is 13.4. The molecule has 0 fully saturated rings. The first-order valence-electron chi connectivity index (χ1n) is 9.42. The number of nitro benzene ring substituents is 1. The third-order valence-electron chi connectivity index (χ3n) is 3.85. The summed E-state index contributed by atoms with van der Waals surface area (Å²) in [6.45, 7) is 7.50. The average molecular weight is 396 g/mol. The molecule has 2 atom stereocenters. The minimum atomic E-state index is -0.814. The van der Waals surface area contributed by atoms with Crippen LogP contribution in [0.2, 0.25) is 0 Å². The second-order valence-electron chi connectivity index (χ2n) is 5.94. The van der Waals surface area contributed by atoms with E-state index in [1.807, 2.05) is 6.92 Å². The van der Waals surface area contributed by atoms with Gasteiger partial charge in [0.05, 0.1) is 18.1 Å². The van der Waals surface area contributed by atoms with E-state index in [2.05, 4.69) is 5.32 Å². The minimum absolute atomic E-state index is 0.113. The summed E-state index contributed by atoms with van der Waals surface area (Å²) in [4.78, 5) is 34.9. The third-order valence-corrected chi connectivity index (χ3v) is 3.85. The molecule has 0 amide bonds. The van der Waals surface area contributed by atoms with Crippen LogP contribution in [0.4, 0.5) is 11.4 Å². The highest BCUT2D eigenvalue weighted by atomic mass is 16.6. The number of benzene rings is 1. The van der Waals surface area contributed by atoms with Crippen LogP contribution in [0.3, 0.4) is 0 Å². The van der Waals surface area contributed by atoms with Gasteiger partial charge in [-0.25, -0.2) is 9.59 Å². The zero-order valence-corrected chi connectivity index (χ0v) is 16.7. The van der Waals surface area contributed by atoms with E-state index >= 15 is 0 Å². The zero-order valence-electron chi connectivity index (χ0n) is 16.7. The molecule has 1 rings (SSSR count).